The minimum Gasteiger partial charge on any atom is -0.495 e. The molecule has 0 bridgehead atoms. The molecule has 0 aliphatic carbocycles. The Balaban J connectivity index is 2.00. The number of nitrogens with one attached hydrogen (secondary N) is 1. The molecule has 2 amide bonds. The highest BCUT2D eigenvalue weighted by Crippen LogP contribution is 2.27. The summed E-state index contributed by atoms with van der Waals surface area (Å²) in [4.78, 5) is 25.6. The summed E-state index contributed by atoms with van der Waals surface area (Å²) in [6.07, 6.45) is -0.240. The molecule has 0 radical (unpaired) electrons. The summed E-state index contributed by atoms with van der Waals surface area (Å²) in [5.41, 5.74) is 0.492. The molecule has 8 heteroatoms. The molecule has 138 valence electrons. The Kier molecular flexibility index (Phi) is 6.83. The number of carbonyl (C=O) groups is 2. The number of rotatable bonds is 6. The molecule has 0 aliphatic rings. The van der Waals surface area contributed by atoms with Crippen molar-refractivity contribution in [3.05, 3.63) is 57.8 Å². The minimum absolute atomic E-state index is 0.0999. The molecule has 0 unspecified atom stereocenters. The van der Waals surface area contributed by atoms with Crippen LogP contribution in [0.1, 0.15) is 5.56 Å². The number of hydrogen-bond acceptors (Lipinski definition) is 3. The first-order valence-corrected chi connectivity index (χ1v) is 8.37. The van der Waals surface area contributed by atoms with Crippen LogP contribution in [0.15, 0.2) is 36.4 Å². The molecule has 0 aliphatic heterocycles. The molecule has 0 heterocycles. The average molecular weight is 399 g/mol. The van der Waals surface area contributed by atoms with Crippen LogP contribution in [0.3, 0.4) is 0 Å². The van der Waals surface area contributed by atoms with Crippen molar-refractivity contribution in [1.29, 1.82) is 0 Å². The fourth-order valence-corrected chi connectivity index (χ4v) is 2.66. The van der Waals surface area contributed by atoms with Crippen LogP contribution in [-0.4, -0.2) is 37.4 Å². The van der Waals surface area contributed by atoms with Crippen LogP contribution < -0.4 is 10.1 Å². The molecular formula is C18H17Cl2FN2O3. The van der Waals surface area contributed by atoms with Crippen LogP contribution in [0.5, 0.6) is 5.75 Å². The summed E-state index contributed by atoms with van der Waals surface area (Å²) >= 11 is 11.8. The van der Waals surface area contributed by atoms with Crippen molar-refractivity contribution in [1.82, 2.24) is 4.90 Å². The van der Waals surface area contributed by atoms with Gasteiger partial charge in [-0.05, 0) is 30.3 Å². The molecule has 26 heavy (non-hydrogen) atoms. The largest absolute Gasteiger partial charge is 0.495 e. The van der Waals surface area contributed by atoms with E-state index in [4.69, 9.17) is 27.9 Å². The van der Waals surface area contributed by atoms with Gasteiger partial charge in [-0.1, -0.05) is 29.3 Å². The van der Waals surface area contributed by atoms with E-state index in [9.17, 15) is 14.0 Å². The normalized spacial score (nSPS) is 10.3. The van der Waals surface area contributed by atoms with Gasteiger partial charge in [0.05, 0.1) is 25.8 Å². The number of methoxy groups -OCH3 is 1. The molecule has 0 saturated heterocycles. The highest BCUT2D eigenvalue weighted by Gasteiger charge is 2.18. The summed E-state index contributed by atoms with van der Waals surface area (Å²) in [5.74, 6) is -1.01. The molecular weight excluding hydrogens is 382 g/mol. The number of nitrogens with zero attached hydrogens (tertiary/aromatic N) is 1. The van der Waals surface area contributed by atoms with E-state index in [1.807, 2.05) is 0 Å². The van der Waals surface area contributed by atoms with Gasteiger partial charge in [0.2, 0.25) is 11.8 Å². The maximum Gasteiger partial charge on any atom is 0.244 e. The van der Waals surface area contributed by atoms with E-state index in [1.165, 1.54) is 37.3 Å². The highest BCUT2D eigenvalue weighted by atomic mass is 35.5. The van der Waals surface area contributed by atoms with Crippen molar-refractivity contribution in [2.24, 2.45) is 0 Å². The second kappa shape index (κ2) is 8.87. The zero-order valence-corrected chi connectivity index (χ0v) is 15.7. The Hall–Kier alpha value is -2.31. The number of likely N-dealkylation sites (N-methyl/N-ethyl adjacent to an activating group) is 1. The summed E-state index contributed by atoms with van der Waals surface area (Å²) < 4.78 is 18.9. The van der Waals surface area contributed by atoms with Gasteiger partial charge in [0.1, 0.15) is 11.6 Å². The first kappa shape index (κ1) is 20.0. The van der Waals surface area contributed by atoms with Crippen LogP contribution in [0.25, 0.3) is 0 Å². The summed E-state index contributed by atoms with van der Waals surface area (Å²) in [6.45, 7) is -0.222. The number of benzene rings is 2. The van der Waals surface area contributed by atoms with Gasteiger partial charge in [0, 0.05) is 22.7 Å². The maximum atomic E-state index is 13.8. The molecule has 2 rings (SSSR count). The predicted molar refractivity (Wildman–Crippen MR) is 99.4 cm³/mol. The quantitative estimate of drug-likeness (QED) is 0.805. The predicted octanol–water partition coefficient (Wildman–Crippen LogP) is 3.78. The number of anilines is 1. The Morgan fingerprint density at radius 2 is 1.96 bits per heavy atom. The Labute approximate surface area is 160 Å². The zero-order chi connectivity index (χ0) is 19.3. The van der Waals surface area contributed by atoms with Gasteiger partial charge < -0.3 is 15.0 Å². The second-order valence-electron chi connectivity index (χ2n) is 5.52. The first-order valence-electron chi connectivity index (χ1n) is 7.62. The van der Waals surface area contributed by atoms with Gasteiger partial charge in [-0.3, -0.25) is 9.59 Å². The maximum absolute atomic E-state index is 13.8. The van der Waals surface area contributed by atoms with Gasteiger partial charge in [-0.2, -0.15) is 0 Å². The lowest BCUT2D eigenvalue weighted by atomic mass is 10.1. The third-order valence-corrected chi connectivity index (χ3v) is 4.22. The van der Waals surface area contributed by atoms with Crippen molar-refractivity contribution >= 4 is 40.7 Å². The summed E-state index contributed by atoms with van der Waals surface area (Å²) in [7, 11) is 2.92. The highest BCUT2D eigenvalue weighted by molar-refractivity contribution is 6.31. The van der Waals surface area contributed by atoms with E-state index in [0.29, 0.717) is 16.5 Å². The van der Waals surface area contributed by atoms with E-state index >= 15 is 0 Å². The van der Waals surface area contributed by atoms with Gasteiger partial charge in [-0.25, -0.2) is 4.39 Å². The van der Waals surface area contributed by atoms with Crippen molar-refractivity contribution in [3.8, 4) is 5.75 Å². The third-order valence-electron chi connectivity index (χ3n) is 3.63. The minimum atomic E-state index is -0.563. The second-order valence-corrected chi connectivity index (χ2v) is 6.36. The first-order chi connectivity index (χ1) is 12.3. The fourth-order valence-electron chi connectivity index (χ4n) is 2.26. The van der Waals surface area contributed by atoms with Gasteiger partial charge in [-0.15, -0.1) is 0 Å². The number of ether oxygens (including phenoxy) is 1. The van der Waals surface area contributed by atoms with Gasteiger partial charge in [0.25, 0.3) is 0 Å². The number of amides is 2. The van der Waals surface area contributed by atoms with Gasteiger partial charge >= 0.3 is 0 Å². The van der Waals surface area contributed by atoms with E-state index < -0.39 is 17.6 Å². The molecule has 0 fully saturated rings. The Morgan fingerprint density at radius 1 is 1.23 bits per heavy atom. The average Bonchev–Trinajstić information content (AvgIpc) is 2.58. The SMILES string of the molecule is COc1ccc(Cl)cc1NC(=O)CN(C)C(=O)Cc1c(F)cccc1Cl. The van der Waals surface area contributed by atoms with E-state index in [1.54, 1.807) is 18.2 Å². The van der Waals surface area contributed by atoms with Crippen LogP contribution in [0.4, 0.5) is 10.1 Å². The monoisotopic (exact) mass is 398 g/mol. The number of hydrogen-bond donors (Lipinski definition) is 1. The fraction of sp³-hybridized carbons (Fsp3) is 0.222. The van der Waals surface area contributed by atoms with Crippen LogP contribution in [-0.2, 0) is 16.0 Å². The van der Waals surface area contributed by atoms with Crippen molar-refractivity contribution in [2.75, 3.05) is 26.0 Å². The number of carbonyl (C=O) groups excluding carboxylic acids is 2. The molecule has 1 N–H and O–H groups in total. The topological polar surface area (TPSA) is 58.6 Å². The molecule has 0 aromatic heterocycles. The van der Waals surface area contributed by atoms with Crippen molar-refractivity contribution in [3.63, 3.8) is 0 Å². The summed E-state index contributed by atoms with van der Waals surface area (Å²) in [5, 5.41) is 3.23. The van der Waals surface area contributed by atoms with E-state index in [2.05, 4.69) is 5.32 Å². The molecule has 0 saturated carbocycles. The molecule has 0 spiro atoms. The van der Waals surface area contributed by atoms with Crippen LogP contribution in [0, 0.1) is 5.82 Å². The summed E-state index contributed by atoms with van der Waals surface area (Å²) in [6, 6.07) is 8.98. The Bertz CT molecular complexity index is 810. The molecule has 2 aromatic rings. The lowest BCUT2D eigenvalue weighted by molar-refractivity contribution is -0.132. The zero-order valence-electron chi connectivity index (χ0n) is 14.2. The van der Waals surface area contributed by atoms with Crippen molar-refractivity contribution in [2.45, 2.75) is 6.42 Å². The smallest absolute Gasteiger partial charge is 0.244 e. The van der Waals surface area contributed by atoms with E-state index in [0.717, 1.165) is 0 Å². The van der Waals surface area contributed by atoms with Crippen LogP contribution in [0.2, 0.25) is 10.0 Å². The van der Waals surface area contributed by atoms with Crippen molar-refractivity contribution < 1.29 is 18.7 Å². The standard InChI is InChI=1S/C18H17Cl2FN2O3/c1-23(18(25)9-12-13(20)4-3-5-14(12)21)10-17(24)22-15-8-11(19)6-7-16(15)26-2/h3-8H,9-10H2,1-2H3,(H,22,24). The molecule has 2 aromatic carbocycles. The lowest BCUT2D eigenvalue weighted by Gasteiger charge is -2.18. The molecule has 0 atom stereocenters. The van der Waals surface area contributed by atoms with Gasteiger partial charge in [0.15, 0.2) is 0 Å². The lowest BCUT2D eigenvalue weighted by Crippen LogP contribution is -2.36. The number of halogens is 3. The van der Waals surface area contributed by atoms with E-state index in [-0.39, 0.29) is 23.6 Å². The third kappa shape index (κ3) is 5.09. The molecule has 5 nitrogen and oxygen atoms in total. The Morgan fingerprint density at radius 3 is 2.62 bits per heavy atom. The van der Waals surface area contributed by atoms with Crippen LogP contribution >= 0.6 is 23.2 Å².